The van der Waals surface area contributed by atoms with E-state index in [-0.39, 0.29) is 28.7 Å². The van der Waals surface area contributed by atoms with Crippen LogP contribution in [-0.2, 0) is 6.54 Å². The van der Waals surface area contributed by atoms with Gasteiger partial charge in [0, 0.05) is 18.3 Å². The van der Waals surface area contributed by atoms with E-state index < -0.39 is 11.6 Å². The van der Waals surface area contributed by atoms with Crippen molar-refractivity contribution >= 4 is 28.9 Å². The Morgan fingerprint density at radius 2 is 1.95 bits per heavy atom. The average Bonchev–Trinajstić information content (AvgIpc) is 2.44. The fourth-order valence-electron chi connectivity index (χ4n) is 1.79. The molecule has 1 N–H and O–H groups in total. The molecular weight excluding hydrogens is 321 g/mol. The molecule has 21 heavy (non-hydrogen) atoms. The van der Waals surface area contributed by atoms with Crippen molar-refractivity contribution in [2.24, 2.45) is 0 Å². The highest BCUT2D eigenvalue weighted by atomic mass is 35.5. The van der Waals surface area contributed by atoms with E-state index in [4.69, 9.17) is 27.9 Å². The second-order valence-corrected chi connectivity index (χ2v) is 5.15. The summed E-state index contributed by atoms with van der Waals surface area (Å²) in [4.78, 5) is 3.88. The van der Waals surface area contributed by atoms with Gasteiger partial charge in [0.05, 0.1) is 12.1 Å². The van der Waals surface area contributed by atoms with Crippen molar-refractivity contribution in [1.82, 2.24) is 4.98 Å². The van der Waals surface area contributed by atoms with Crippen molar-refractivity contribution in [1.29, 1.82) is 0 Å². The van der Waals surface area contributed by atoms with Gasteiger partial charge in [-0.05, 0) is 24.6 Å². The van der Waals surface area contributed by atoms with Crippen molar-refractivity contribution in [3.8, 4) is 5.75 Å². The molecule has 0 aliphatic carbocycles. The van der Waals surface area contributed by atoms with Gasteiger partial charge in [-0.3, -0.25) is 0 Å². The molecule has 0 radical (unpaired) electrons. The Kier molecular flexibility index (Phi) is 4.85. The predicted octanol–water partition coefficient (Wildman–Crippen LogP) is 4.60. The van der Waals surface area contributed by atoms with Gasteiger partial charge in [0.1, 0.15) is 10.8 Å². The van der Waals surface area contributed by atoms with E-state index in [1.165, 1.54) is 32.4 Å². The zero-order chi connectivity index (χ0) is 15.6. The maximum Gasteiger partial charge on any atom is 0.191 e. The second kappa shape index (κ2) is 6.45. The summed E-state index contributed by atoms with van der Waals surface area (Å²) in [6.07, 6.45) is 1.44. The van der Waals surface area contributed by atoms with E-state index in [2.05, 4.69) is 10.3 Å². The van der Waals surface area contributed by atoms with Gasteiger partial charge in [0.15, 0.2) is 17.4 Å². The maximum absolute atomic E-state index is 14.1. The van der Waals surface area contributed by atoms with E-state index in [9.17, 15) is 8.78 Å². The smallest absolute Gasteiger partial charge is 0.191 e. The summed E-state index contributed by atoms with van der Waals surface area (Å²) in [5, 5.41) is 3.29. The molecule has 0 saturated heterocycles. The summed E-state index contributed by atoms with van der Waals surface area (Å²) in [7, 11) is 1.32. The van der Waals surface area contributed by atoms with Gasteiger partial charge in [0.25, 0.3) is 0 Å². The van der Waals surface area contributed by atoms with Crippen molar-refractivity contribution < 1.29 is 13.5 Å². The van der Waals surface area contributed by atoms with E-state index >= 15 is 0 Å². The van der Waals surface area contributed by atoms with E-state index in [0.717, 1.165) is 0 Å². The molecular formula is C14H12Cl2F2N2O. The SMILES string of the molecule is COc1cc(C)c(F)c(NCc2cnc(Cl)cc2Cl)c1F. The summed E-state index contributed by atoms with van der Waals surface area (Å²) >= 11 is 11.7. The largest absolute Gasteiger partial charge is 0.494 e. The van der Waals surface area contributed by atoms with Crippen LogP contribution in [0.1, 0.15) is 11.1 Å². The second-order valence-electron chi connectivity index (χ2n) is 4.35. The standard InChI is InChI=1S/C14H12Cl2F2N2O/c1-7-3-10(21-2)13(18)14(12(7)17)20-6-8-5-19-11(16)4-9(8)15/h3-5,20H,6H2,1-2H3. The third-order valence-electron chi connectivity index (χ3n) is 2.92. The topological polar surface area (TPSA) is 34.1 Å². The van der Waals surface area contributed by atoms with Gasteiger partial charge in [-0.25, -0.2) is 13.8 Å². The summed E-state index contributed by atoms with van der Waals surface area (Å²) in [5.41, 5.74) is 0.578. The number of aromatic nitrogens is 1. The first-order chi connectivity index (χ1) is 9.93. The molecule has 1 heterocycles. The number of aryl methyl sites for hydroxylation is 1. The number of benzene rings is 1. The highest BCUT2D eigenvalue weighted by molar-refractivity contribution is 6.34. The Hall–Kier alpha value is -1.59. The average molecular weight is 333 g/mol. The summed E-state index contributed by atoms with van der Waals surface area (Å²) in [5.74, 6) is -1.50. The summed E-state index contributed by atoms with van der Waals surface area (Å²) in [6, 6.07) is 2.76. The number of pyridine rings is 1. The number of hydrogen-bond acceptors (Lipinski definition) is 3. The first-order valence-electron chi connectivity index (χ1n) is 6.00. The molecule has 1 aromatic heterocycles. The van der Waals surface area contributed by atoms with Crippen LogP contribution in [0.2, 0.25) is 10.2 Å². The van der Waals surface area contributed by atoms with Crippen LogP contribution in [0.25, 0.3) is 0 Å². The number of anilines is 1. The molecule has 0 bridgehead atoms. The van der Waals surface area contributed by atoms with E-state index in [0.29, 0.717) is 10.6 Å². The Labute approximate surface area is 130 Å². The number of rotatable bonds is 4. The number of ether oxygens (including phenoxy) is 1. The number of nitrogens with one attached hydrogen (secondary N) is 1. The highest BCUT2D eigenvalue weighted by Gasteiger charge is 2.17. The molecule has 3 nitrogen and oxygen atoms in total. The minimum absolute atomic E-state index is 0.0308. The minimum Gasteiger partial charge on any atom is -0.494 e. The predicted molar refractivity (Wildman–Crippen MR) is 79.2 cm³/mol. The molecule has 0 atom stereocenters. The molecule has 7 heteroatoms. The van der Waals surface area contributed by atoms with Crippen LogP contribution < -0.4 is 10.1 Å². The first-order valence-corrected chi connectivity index (χ1v) is 6.76. The Morgan fingerprint density at radius 3 is 2.57 bits per heavy atom. The van der Waals surface area contributed by atoms with Crippen molar-refractivity contribution in [2.45, 2.75) is 13.5 Å². The van der Waals surface area contributed by atoms with Crippen LogP contribution in [0.15, 0.2) is 18.3 Å². The monoisotopic (exact) mass is 332 g/mol. The first kappa shape index (κ1) is 15.8. The van der Waals surface area contributed by atoms with Crippen LogP contribution in [0.3, 0.4) is 0 Å². The van der Waals surface area contributed by atoms with Crippen molar-refractivity contribution in [3.05, 3.63) is 51.3 Å². The van der Waals surface area contributed by atoms with Crippen LogP contribution in [-0.4, -0.2) is 12.1 Å². The quantitative estimate of drug-likeness (QED) is 0.831. The molecule has 0 aliphatic heterocycles. The van der Waals surface area contributed by atoms with Crippen LogP contribution in [0, 0.1) is 18.6 Å². The van der Waals surface area contributed by atoms with Crippen LogP contribution in [0.5, 0.6) is 5.75 Å². The Bertz CT molecular complexity index is 681. The number of methoxy groups -OCH3 is 1. The Morgan fingerprint density at radius 1 is 1.24 bits per heavy atom. The highest BCUT2D eigenvalue weighted by Crippen LogP contribution is 2.31. The molecule has 1 aromatic carbocycles. The van der Waals surface area contributed by atoms with Gasteiger partial charge in [-0.2, -0.15) is 0 Å². The third-order valence-corrected chi connectivity index (χ3v) is 3.48. The normalized spacial score (nSPS) is 10.6. The molecule has 0 unspecified atom stereocenters. The maximum atomic E-state index is 14.1. The molecule has 2 aromatic rings. The molecule has 0 spiro atoms. The van der Waals surface area contributed by atoms with Crippen molar-refractivity contribution in [2.75, 3.05) is 12.4 Å². The molecule has 0 aliphatic rings. The molecule has 0 amide bonds. The van der Waals surface area contributed by atoms with Crippen LogP contribution >= 0.6 is 23.2 Å². The molecule has 0 fully saturated rings. The molecule has 112 valence electrons. The molecule has 2 rings (SSSR count). The zero-order valence-electron chi connectivity index (χ0n) is 11.3. The van der Waals surface area contributed by atoms with Gasteiger partial charge >= 0.3 is 0 Å². The lowest BCUT2D eigenvalue weighted by molar-refractivity contribution is 0.384. The minimum atomic E-state index is -0.793. The van der Waals surface area contributed by atoms with E-state index in [1.54, 1.807) is 0 Å². The summed E-state index contributed by atoms with van der Waals surface area (Å²) < 4.78 is 33.0. The fourth-order valence-corrected chi connectivity index (χ4v) is 2.23. The van der Waals surface area contributed by atoms with E-state index in [1.807, 2.05) is 0 Å². The van der Waals surface area contributed by atoms with Gasteiger partial charge in [0.2, 0.25) is 0 Å². The lowest BCUT2D eigenvalue weighted by Gasteiger charge is -2.13. The number of nitrogens with zero attached hydrogens (tertiary/aromatic N) is 1. The van der Waals surface area contributed by atoms with Gasteiger partial charge < -0.3 is 10.1 Å². The third kappa shape index (κ3) is 3.36. The molecule has 0 saturated carbocycles. The number of halogens is 4. The summed E-state index contributed by atoms with van der Waals surface area (Å²) in [6.45, 7) is 1.63. The number of hydrogen-bond donors (Lipinski definition) is 1. The lowest BCUT2D eigenvalue weighted by atomic mass is 10.1. The van der Waals surface area contributed by atoms with Crippen molar-refractivity contribution in [3.63, 3.8) is 0 Å². The fraction of sp³-hybridized carbons (Fsp3) is 0.214. The lowest BCUT2D eigenvalue weighted by Crippen LogP contribution is -2.07. The van der Waals surface area contributed by atoms with Crippen LogP contribution in [0.4, 0.5) is 14.5 Å². The van der Waals surface area contributed by atoms with Gasteiger partial charge in [-0.15, -0.1) is 0 Å². The Balaban J connectivity index is 2.29. The van der Waals surface area contributed by atoms with Gasteiger partial charge in [-0.1, -0.05) is 23.2 Å². The zero-order valence-corrected chi connectivity index (χ0v) is 12.8.